The fourth-order valence-corrected chi connectivity index (χ4v) is 4.02. The third kappa shape index (κ3) is 3.42. The molecule has 1 amide bonds. The molecule has 0 aliphatic carbocycles. The summed E-state index contributed by atoms with van der Waals surface area (Å²) in [5.41, 5.74) is 1.40. The molecule has 2 aromatic rings. The van der Waals surface area contributed by atoms with E-state index in [1.165, 1.54) is 45.1 Å². The fraction of sp³-hybridized carbons (Fsp3) is 0.556. The molecule has 132 valence electrons. The number of piperidine rings is 2. The Bertz CT molecular complexity index is 710. The molecule has 2 aliphatic heterocycles. The van der Waals surface area contributed by atoms with Crippen molar-refractivity contribution in [3.05, 3.63) is 36.2 Å². The topological polar surface area (TPSA) is 67.2 Å². The predicted octanol–water partition coefficient (Wildman–Crippen LogP) is 1.75. The van der Waals surface area contributed by atoms with Gasteiger partial charge in [-0.15, -0.1) is 5.10 Å². The Labute approximate surface area is 147 Å². The van der Waals surface area contributed by atoms with Crippen LogP contribution in [0.5, 0.6) is 0 Å². The van der Waals surface area contributed by atoms with Crippen LogP contribution in [0.2, 0.25) is 0 Å². The largest absolute Gasteiger partial charge is 0.337 e. The van der Waals surface area contributed by atoms with Crippen LogP contribution in [0.15, 0.2) is 30.6 Å². The zero-order valence-corrected chi connectivity index (χ0v) is 14.4. The molecule has 2 aliphatic rings. The van der Waals surface area contributed by atoms with Crippen LogP contribution >= 0.6 is 0 Å². The molecule has 0 bridgehead atoms. The van der Waals surface area contributed by atoms with E-state index >= 15 is 0 Å². The average molecular weight is 340 g/mol. The van der Waals surface area contributed by atoms with Gasteiger partial charge in [0.15, 0.2) is 0 Å². The molecule has 3 heterocycles. The van der Waals surface area contributed by atoms with Crippen LogP contribution in [0.3, 0.4) is 0 Å². The SMILES string of the molecule is O=C(c1ccccc1-n1cnnn1)N1CCCC(N2CCCCC2)C1. The summed E-state index contributed by atoms with van der Waals surface area (Å²) in [4.78, 5) is 17.8. The third-order valence-electron chi connectivity index (χ3n) is 5.32. The lowest BCUT2D eigenvalue weighted by molar-refractivity contribution is 0.0537. The number of amides is 1. The first-order valence-corrected chi connectivity index (χ1v) is 9.18. The molecular weight excluding hydrogens is 316 g/mol. The second kappa shape index (κ2) is 7.31. The summed E-state index contributed by atoms with van der Waals surface area (Å²) in [6, 6.07) is 8.05. The van der Waals surface area contributed by atoms with Crippen LogP contribution < -0.4 is 0 Å². The van der Waals surface area contributed by atoms with Gasteiger partial charge < -0.3 is 4.90 Å². The van der Waals surface area contributed by atoms with E-state index < -0.39 is 0 Å². The van der Waals surface area contributed by atoms with Crippen LogP contribution in [0.4, 0.5) is 0 Å². The molecule has 1 aromatic heterocycles. The molecule has 1 aromatic carbocycles. The number of carbonyl (C=O) groups is 1. The highest BCUT2D eigenvalue weighted by Gasteiger charge is 2.30. The van der Waals surface area contributed by atoms with Gasteiger partial charge in [0.1, 0.15) is 6.33 Å². The first-order valence-electron chi connectivity index (χ1n) is 9.18. The maximum atomic E-state index is 13.2. The molecule has 7 nitrogen and oxygen atoms in total. The van der Waals surface area contributed by atoms with Crippen molar-refractivity contribution in [1.82, 2.24) is 30.0 Å². The number of likely N-dealkylation sites (tertiary alicyclic amines) is 2. The Kier molecular flexibility index (Phi) is 4.74. The van der Waals surface area contributed by atoms with Gasteiger partial charge in [0.2, 0.25) is 0 Å². The van der Waals surface area contributed by atoms with Crippen molar-refractivity contribution < 1.29 is 4.79 Å². The molecule has 1 unspecified atom stereocenters. The molecule has 25 heavy (non-hydrogen) atoms. The first-order chi connectivity index (χ1) is 12.3. The highest BCUT2D eigenvalue weighted by Crippen LogP contribution is 2.23. The number of hydrogen-bond donors (Lipinski definition) is 0. The predicted molar refractivity (Wildman–Crippen MR) is 93.5 cm³/mol. The van der Waals surface area contributed by atoms with E-state index in [0.717, 1.165) is 25.2 Å². The minimum Gasteiger partial charge on any atom is -0.337 e. The molecule has 1 atom stereocenters. The lowest BCUT2D eigenvalue weighted by Crippen LogP contribution is -2.51. The lowest BCUT2D eigenvalue weighted by atomic mass is 10.00. The van der Waals surface area contributed by atoms with E-state index in [-0.39, 0.29) is 5.91 Å². The van der Waals surface area contributed by atoms with E-state index in [0.29, 0.717) is 11.6 Å². The standard InChI is InChI=1S/C18H24N6O/c25-18(16-8-2-3-9-17(16)24-14-19-20-21-24)23-12-6-7-15(13-23)22-10-4-1-5-11-22/h2-3,8-9,14-15H,1,4-7,10-13H2. The van der Waals surface area contributed by atoms with E-state index in [1.807, 2.05) is 29.2 Å². The number of carbonyl (C=O) groups excluding carboxylic acids is 1. The van der Waals surface area contributed by atoms with Crippen molar-refractivity contribution in [2.45, 2.75) is 38.1 Å². The molecule has 7 heteroatoms. The van der Waals surface area contributed by atoms with E-state index in [2.05, 4.69) is 20.4 Å². The van der Waals surface area contributed by atoms with Gasteiger partial charge in [0.05, 0.1) is 11.3 Å². The summed E-state index contributed by atoms with van der Waals surface area (Å²) in [6.45, 7) is 4.00. The number of tetrazole rings is 1. The van der Waals surface area contributed by atoms with Crippen LogP contribution in [0.1, 0.15) is 42.5 Å². The van der Waals surface area contributed by atoms with Gasteiger partial charge in [-0.2, -0.15) is 4.68 Å². The summed E-state index contributed by atoms with van der Waals surface area (Å²) in [5.74, 6) is 0.0767. The molecule has 4 rings (SSSR count). The van der Waals surface area contributed by atoms with Crippen LogP contribution in [-0.4, -0.2) is 68.1 Å². The van der Waals surface area contributed by atoms with Gasteiger partial charge in [-0.05, 0) is 61.3 Å². The minimum atomic E-state index is 0.0767. The minimum absolute atomic E-state index is 0.0767. The lowest BCUT2D eigenvalue weighted by Gasteiger charge is -2.41. The van der Waals surface area contributed by atoms with Crippen LogP contribution in [0, 0.1) is 0 Å². The number of para-hydroxylation sites is 1. The van der Waals surface area contributed by atoms with Crippen molar-refractivity contribution in [1.29, 1.82) is 0 Å². The van der Waals surface area contributed by atoms with Gasteiger partial charge in [0, 0.05) is 19.1 Å². The monoisotopic (exact) mass is 340 g/mol. The zero-order valence-electron chi connectivity index (χ0n) is 14.4. The van der Waals surface area contributed by atoms with E-state index in [4.69, 9.17) is 0 Å². The number of nitrogens with zero attached hydrogens (tertiary/aromatic N) is 6. The second-order valence-corrected chi connectivity index (χ2v) is 6.92. The molecular formula is C18H24N6O. The quantitative estimate of drug-likeness (QED) is 0.852. The fourth-order valence-electron chi connectivity index (χ4n) is 4.02. The Morgan fingerprint density at radius 2 is 1.88 bits per heavy atom. The summed E-state index contributed by atoms with van der Waals surface area (Å²) < 4.78 is 1.55. The first kappa shape index (κ1) is 16.2. The number of rotatable bonds is 3. The third-order valence-corrected chi connectivity index (χ3v) is 5.32. The van der Waals surface area contributed by atoms with Gasteiger partial charge in [-0.1, -0.05) is 18.6 Å². The zero-order chi connectivity index (χ0) is 17.1. The Hall–Kier alpha value is -2.28. The second-order valence-electron chi connectivity index (χ2n) is 6.92. The van der Waals surface area contributed by atoms with E-state index in [1.54, 1.807) is 4.68 Å². The smallest absolute Gasteiger partial charge is 0.256 e. The van der Waals surface area contributed by atoms with Crippen molar-refractivity contribution in [3.8, 4) is 5.69 Å². The normalized spacial score (nSPS) is 22.1. The summed E-state index contributed by atoms with van der Waals surface area (Å²) in [7, 11) is 0. The van der Waals surface area contributed by atoms with Gasteiger partial charge in [-0.25, -0.2) is 0 Å². The Balaban J connectivity index is 1.53. The summed E-state index contributed by atoms with van der Waals surface area (Å²) in [5, 5.41) is 11.3. The maximum absolute atomic E-state index is 13.2. The molecule has 2 saturated heterocycles. The number of aromatic nitrogens is 4. The highest BCUT2D eigenvalue weighted by atomic mass is 16.2. The van der Waals surface area contributed by atoms with E-state index in [9.17, 15) is 4.79 Å². The molecule has 0 spiro atoms. The Morgan fingerprint density at radius 1 is 1.04 bits per heavy atom. The molecule has 0 saturated carbocycles. The van der Waals surface area contributed by atoms with Crippen molar-refractivity contribution in [2.24, 2.45) is 0 Å². The molecule has 2 fully saturated rings. The average Bonchev–Trinajstić information content (AvgIpc) is 3.23. The van der Waals surface area contributed by atoms with Crippen molar-refractivity contribution in [3.63, 3.8) is 0 Å². The van der Waals surface area contributed by atoms with Crippen molar-refractivity contribution in [2.75, 3.05) is 26.2 Å². The van der Waals surface area contributed by atoms with Crippen molar-refractivity contribution >= 4 is 5.91 Å². The molecule has 0 radical (unpaired) electrons. The summed E-state index contributed by atoms with van der Waals surface area (Å²) >= 11 is 0. The molecule has 0 N–H and O–H groups in total. The van der Waals surface area contributed by atoms with Gasteiger partial charge >= 0.3 is 0 Å². The highest BCUT2D eigenvalue weighted by molar-refractivity contribution is 5.97. The number of hydrogen-bond acceptors (Lipinski definition) is 5. The van der Waals surface area contributed by atoms with Gasteiger partial charge in [-0.3, -0.25) is 9.69 Å². The maximum Gasteiger partial charge on any atom is 0.256 e. The summed E-state index contributed by atoms with van der Waals surface area (Å²) in [6.07, 6.45) is 7.70. The Morgan fingerprint density at radius 3 is 2.68 bits per heavy atom. The number of benzene rings is 1. The van der Waals surface area contributed by atoms with Gasteiger partial charge in [0.25, 0.3) is 5.91 Å². The van der Waals surface area contributed by atoms with Crippen LogP contribution in [0.25, 0.3) is 5.69 Å². The van der Waals surface area contributed by atoms with Crippen LogP contribution in [-0.2, 0) is 0 Å².